The van der Waals surface area contributed by atoms with Gasteiger partial charge in [0.25, 0.3) is 0 Å². The molecule has 0 amide bonds. The zero-order chi connectivity index (χ0) is 16.6. The molecule has 4 rings (SSSR count). The molecule has 4 saturated carbocycles. The van der Waals surface area contributed by atoms with Crippen LogP contribution in [-0.4, -0.2) is 33.1 Å². The van der Waals surface area contributed by atoms with Gasteiger partial charge in [0.15, 0.2) is 0 Å². The lowest BCUT2D eigenvalue weighted by atomic mass is 9.44. The summed E-state index contributed by atoms with van der Waals surface area (Å²) in [5.74, 6) is 1.72. The van der Waals surface area contributed by atoms with Crippen molar-refractivity contribution in [1.29, 1.82) is 0 Å². The van der Waals surface area contributed by atoms with Crippen LogP contribution in [0, 0.1) is 28.6 Å². The van der Waals surface area contributed by atoms with Gasteiger partial charge in [0.05, 0.1) is 17.1 Å². The van der Waals surface area contributed by atoms with E-state index in [9.17, 15) is 15.0 Å². The molecule has 4 heteroatoms. The number of carbonyl (C=O) groups excluding carboxylic acids is 1. The lowest BCUT2D eigenvalue weighted by Crippen LogP contribution is -2.66. The van der Waals surface area contributed by atoms with Crippen LogP contribution in [0.4, 0.5) is 0 Å². The van der Waals surface area contributed by atoms with Crippen molar-refractivity contribution in [2.75, 3.05) is 0 Å². The molecule has 0 bridgehead atoms. The highest BCUT2D eigenvalue weighted by molar-refractivity contribution is 6.25. The number of rotatable bonds is 0. The van der Waals surface area contributed by atoms with E-state index in [0.29, 0.717) is 42.8 Å². The Balaban J connectivity index is 1.72. The largest absolute Gasteiger partial charge is 0.393 e. The smallest absolute Gasteiger partial charge is 0.139 e. The molecule has 0 heterocycles. The lowest BCUT2D eigenvalue weighted by molar-refractivity contribution is -0.159. The number of fused-ring (bicyclic) bond motifs is 5. The van der Waals surface area contributed by atoms with Crippen LogP contribution in [0.2, 0.25) is 0 Å². The number of aliphatic hydroxyl groups excluding tert-OH is 2. The topological polar surface area (TPSA) is 57.5 Å². The molecule has 8 atom stereocenters. The molecule has 0 unspecified atom stereocenters. The fraction of sp³-hybridized carbons (Fsp3) is 0.947. The lowest BCUT2D eigenvalue weighted by Gasteiger charge is -2.64. The first-order valence-electron chi connectivity index (χ1n) is 9.31. The summed E-state index contributed by atoms with van der Waals surface area (Å²) in [7, 11) is 0. The number of aliphatic hydroxyl groups is 2. The summed E-state index contributed by atoms with van der Waals surface area (Å²) in [5.41, 5.74) is -0.305. The molecule has 23 heavy (non-hydrogen) atoms. The van der Waals surface area contributed by atoms with E-state index in [-0.39, 0.29) is 10.8 Å². The summed E-state index contributed by atoms with van der Waals surface area (Å²) in [6, 6.07) is 0. The van der Waals surface area contributed by atoms with Crippen LogP contribution in [0.25, 0.3) is 0 Å². The van der Waals surface area contributed by atoms with Gasteiger partial charge in [-0.2, -0.15) is 0 Å². The number of halogens is 1. The minimum absolute atomic E-state index is 0.136. The van der Waals surface area contributed by atoms with E-state index in [2.05, 4.69) is 13.8 Å². The maximum atomic E-state index is 12.4. The molecule has 130 valence electrons. The number of carbonyl (C=O) groups is 1. The second-order valence-electron chi connectivity index (χ2n) is 9.22. The second-order valence-corrected chi connectivity index (χ2v) is 9.90. The first-order valence-corrected chi connectivity index (χ1v) is 9.68. The van der Waals surface area contributed by atoms with Crippen molar-refractivity contribution in [1.82, 2.24) is 0 Å². The van der Waals surface area contributed by atoms with Crippen LogP contribution in [0.5, 0.6) is 0 Å². The Hall–Kier alpha value is -0.120. The molecule has 3 nitrogen and oxygen atoms in total. The summed E-state index contributed by atoms with van der Waals surface area (Å²) in [4.78, 5) is 11.7. The fourth-order valence-electron chi connectivity index (χ4n) is 6.99. The van der Waals surface area contributed by atoms with Crippen molar-refractivity contribution in [2.45, 2.75) is 82.3 Å². The van der Waals surface area contributed by atoms with Gasteiger partial charge in [-0.1, -0.05) is 13.8 Å². The monoisotopic (exact) mass is 340 g/mol. The zero-order valence-electron chi connectivity index (χ0n) is 14.2. The third-order valence-corrected chi connectivity index (χ3v) is 9.31. The average Bonchev–Trinajstić information content (AvgIpc) is 2.79. The number of hydrogen-bond donors (Lipinski definition) is 2. The van der Waals surface area contributed by atoms with Gasteiger partial charge in [-0.15, -0.1) is 11.6 Å². The standard InChI is InChI=1S/C19H29ClO3/c1-17-7-6-14-12(13(17)3-4-15(17)22)9-16(23)19(20)10-11(21)5-8-18(14,19)2/h11-14,16,21,23H,3-10H2,1-2H3/t11-,12-,13-,14-,16+,17-,18+,19-/m0/s1. The molecule has 4 aliphatic carbocycles. The van der Waals surface area contributed by atoms with Gasteiger partial charge in [0, 0.05) is 11.8 Å². The molecule has 0 saturated heterocycles. The molecular weight excluding hydrogens is 312 g/mol. The van der Waals surface area contributed by atoms with Crippen LogP contribution in [-0.2, 0) is 4.79 Å². The fourth-order valence-corrected chi connectivity index (χ4v) is 7.49. The van der Waals surface area contributed by atoms with Crippen molar-refractivity contribution in [3.8, 4) is 0 Å². The average molecular weight is 341 g/mol. The van der Waals surface area contributed by atoms with Crippen LogP contribution < -0.4 is 0 Å². The van der Waals surface area contributed by atoms with E-state index in [1.54, 1.807) is 0 Å². The van der Waals surface area contributed by atoms with Gasteiger partial charge < -0.3 is 10.2 Å². The molecule has 4 aliphatic rings. The Morgan fingerprint density at radius 2 is 1.83 bits per heavy atom. The van der Waals surface area contributed by atoms with Crippen LogP contribution in [0.1, 0.15) is 65.2 Å². The quantitative estimate of drug-likeness (QED) is 0.665. The summed E-state index contributed by atoms with van der Waals surface area (Å²) >= 11 is 7.01. The third kappa shape index (κ3) is 1.93. The van der Waals surface area contributed by atoms with Gasteiger partial charge in [0.2, 0.25) is 0 Å². The molecular formula is C19H29ClO3. The number of hydrogen-bond acceptors (Lipinski definition) is 3. The van der Waals surface area contributed by atoms with E-state index in [1.165, 1.54) is 0 Å². The van der Waals surface area contributed by atoms with Crippen molar-refractivity contribution >= 4 is 17.4 Å². The SMILES string of the molecule is C[C@]12CC[C@H]3[C@@H](C[C@@H](O)[C@@]4(Cl)C[C@@H](O)CC[C@]34C)[C@@H]1CCC2=O. The maximum absolute atomic E-state index is 12.4. The first-order chi connectivity index (χ1) is 10.7. The van der Waals surface area contributed by atoms with Gasteiger partial charge in [-0.25, -0.2) is 0 Å². The van der Waals surface area contributed by atoms with E-state index in [0.717, 1.165) is 32.1 Å². The van der Waals surface area contributed by atoms with Crippen LogP contribution in [0.15, 0.2) is 0 Å². The van der Waals surface area contributed by atoms with Crippen molar-refractivity contribution in [3.63, 3.8) is 0 Å². The number of Topliss-reactive ketones (excluding diaryl/α,β-unsaturated/α-hetero) is 1. The first kappa shape index (κ1) is 16.4. The third-order valence-electron chi connectivity index (χ3n) is 8.47. The van der Waals surface area contributed by atoms with Crippen LogP contribution >= 0.6 is 11.6 Å². The molecule has 0 spiro atoms. The summed E-state index contributed by atoms with van der Waals surface area (Å²) in [6.07, 6.45) is 5.59. The van der Waals surface area contributed by atoms with E-state index in [1.807, 2.05) is 0 Å². The Kier molecular flexibility index (Phi) is 3.52. The Bertz CT molecular complexity index is 537. The maximum Gasteiger partial charge on any atom is 0.139 e. The summed E-state index contributed by atoms with van der Waals surface area (Å²) < 4.78 is 0. The Morgan fingerprint density at radius 1 is 1.09 bits per heavy atom. The number of ketones is 1. The van der Waals surface area contributed by atoms with Crippen molar-refractivity contribution in [2.24, 2.45) is 28.6 Å². The van der Waals surface area contributed by atoms with E-state index >= 15 is 0 Å². The van der Waals surface area contributed by atoms with Crippen molar-refractivity contribution < 1.29 is 15.0 Å². The summed E-state index contributed by atoms with van der Waals surface area (Å²) in [5, 5.41) is 21.1. The molecule has 0 radical (unpaired) electrons. The van der Waals surface area contributed by atoms with E-state index in [4.69, 9.17) is 11.6 Å². The minimum atomic E-state index is -0.706. The van der Waals surface area contributed by atoms with Crippen LogP contribution in [0.3, 0.4) is 0 Å². The summed E-state index contributed by atoms with van der Waals surface area (Å²) in [6.45, 7) is 4.40. The number of alkyl halides is 1. The van der Waals surface area contributed by atoms with Gasteiger partial charge in [-0.3, -0.25) is 4.79 Å². The Morgan fingerprint density at radius 3 is 2.57 bits per heavy atom. The highest BCUT2D eigenvalue weighted by Gasteiger charge is 2.67. The highest BCUT2D eigenvalue weighted by Crippen LogP contribution is 2.68. The molecule has 0 aromatic carbocycles. The van der Waals surface area contributed by atoms with Gasteiger partial charge >= 0.3 is 0 Å². The highest BCUT2D eigenvalue weighted by atomic mass is 35.5. The normalized spacial score (nSPS) is 59.2. The Labute approximate surface area is 143 Å². The van der Waals surface area contributed by atoms with Crippen molar-refractivity contribution in [3.05, 3.63) is 0 Å². The zero-order valence-corrected chi connectivity index (χ0v) is 15.0. The molecule has 0 aliphatic heterocycles. The second kappa shape index (κ2) is 4.95. The molecule has 0 aromatic heterocycles. The predicted octanol–water partition coefficient (Wildman–Crippen LogP) is 3.29. The van der Waals surface area contributed by atoms with Gasteiger partial charge in [0.1, 0.15) is 5.78 Å². The molecule has 4 fully saturated rings. The molecule has 2 N–H and O–H groups in total. The minimum Gasteiger partial charge on any atom is -0.393 e. The van der Waals surface area contributed by atoms with Gasteiger partial charge in [-0.05, 0) is 68.1 Å². The predicted molar refractivity (Wildman–Crippen MR) is 89.2 cm³/mol. The molecule has 0 aromatic rings. The van der Waals surface area contributed by atoms with E-state index < -0.39 is 17.1 Å².